The Balaban J connectivity index is 1.42. The third-order valence-corrected chi connectivity index (χ3v) is 3.38. The normalized spacial score (nSPS) is 27.4. The van der Waals surface area contributed by atoms with E-state index in [1.165, 1.54) is 19.3 Å². The van der Waals surface area contributed by atoms with Crippen LogP contribution in [0.5, 0.6) is 0 Å². The molecule has 2 aliphatic heterocycles. The third-order valence-electron chi connectivity index (χ3n) is 3.38. The van der Waals surface area contributed by atoms with Crippen LogP contribution < -0.4 is 5.32 Å². The molecule has 0 bridgehead atoms. The van der Waals surface area contributed by atoms with E-state index < -0.39 is 0 Å². The molecule has 1 N–H and O–H groups in total. The quantitative estimate of drug-likeness (QED) is 0.670. The lowest BCUT2D eigenvalue weighted by Gasteiger charge is -2.26. The molecule has 2 rings (SSSR count). The molecule has 2 aliphatic rings. The summed E-state index contributed by atoms with van der Waals surface area (Å²) in [5, 5.41) is 3.50. The summed E-state index contributed by atoms with van der Waals surface area (Å²) in [6.07, 6.45) is 4.20. The average molecular weight is 228 g/mol. The molecule has 0 aromatic carbocycles. The van der Waals surface area contributed by atoms with E-state index in [-0.39, 0.29) is 0 Å². The van der Waals surface area contributed by atoms with Crippen molar-refractivity contribution in [2.45, 2.75) is 25.4 Å². The van der Waals surface area contributed by atoms with Crippen LogP contribution in [0.2, 0.25) is 0 Å². The predicted molar refractivity (Wildman–Crippen MR) is 63.7 cm³/mol. The van der Waals surface area contributed by atoms with Gasteiger partial charge in [0, 0.05) is 32.8 Å². The molecule has 4 nitrogen and oxygen atoms in total. The van der Waals surface area contributed by atoms with E-state index in [0.717, 1.165) is 52.5 Å². The van der Waals surface area contributed by atoms with Crippen molar-refractivity contribution in [3.63, 3.8) is 0 Å². The van der Waals surface area contributed by atoms with Crippen molar-refractivity contribution in [1.82, 2.24) is 10.2 Å². The van der Waals surface area contributed by atoms with Gasteiger partial charge in [-0.1, -0.05) is 0 Å². The molecule has 0 aromatic rings. The predicted octanol–water partition coefficient (Wildman–Crippen LogP) is 0.477. The largest absolute Gasteiger partial charge is 0.379 e. The molecule has 2 heterocycles. The minimum atomic E-state index is 0.524. The Labute approximate surface area is 98.3 Å². The highest BCUT2D eigenvalue weighted by Gasteiger charge is 2.14. The maximum atomic E-state index is 5.58. The molecule has 16 heavy (non-hydrogen) atoms. The molecule has 0 aromatic heterocycles. The van der Waals surface area contributed by atoms with Crippen LogP contribution in [0.25, 0.3) is 0 Å². The molecule has 2 saturated heterocycles. The first kappa shape index (κ1) is 12.3. The highest BCUT2D eigenvalue weighted by Crippen LogP contribution is 2.14. The fraction of sp³-hybridized carbons (Fsp3) is 1.00. The van der Waals surface area contributed by atoms with E-state index in [1.807, 2.05) is 0 Å². The van der Waals surface area contributed by atoms with Gasteiger partial charge in [-0.25, -0.2) is 0 Å². The number of rotatable bonds is 6. The smallest absolute Gasteiger partial charge is 0.0594 e. The first-order valence-corrected chi connectivity index (χ1v) is 6.57. The van der Waals surface area contributed by atoms with E-state index in [9.17, 15) is 0 Å². The number of ether oxygens (including phenoxy) is 2. The molecule has 1 atom stereocenters. The van der Waals surface area contributed by atoms with Crippen molar-refractivity contribution in [1.29, 1.82) is 0 Å². The SMILES string of the molecule is C1COC(CCNCCN2CCOCC2)C1. The highest BCUT2D eigenvalue weighted by molar-refractivity contribution is 4.67. The molecule has 94 valence electrons. The summed E-state index contributed by atoms with van der Waals surface area (Å²) in [6.45, 7) is 8.28. The van der Waals surface area contributed by atoms with Crippen molar-refractivity contribution in [2.75, 3.05) is 52.5 Å². The summed E-state index contributed by atoms with van der Waals surface area (Å²) in [6, 6.07) is 0. The Morgan fingerprint density at radius 3 is 2.75 bits per heavy atom. The molecule has 0 amide bonds. The monoisotopic (exact) mass is 228 g/mol. The van der Waals surface area contributed by atoms with Crippen LogP contribution in [0.15, 0.2) is 0 Å². The Morgan fingerprint density at radius 2 is 2.00 bits per heavy atom. The second-order valence-corrected chi connectivity index (χ2v) is 4.63. The maximum absolute atomic E-state index is 5.58. The summed E-state index contributed by atoms with van der Waals surface area (Å²) in [7, 11) is 0. The van der Waals surface area contributed by atoms with Crippen LogP contribution in [0.1, 0.15) is 19.3 Å². The van der Waals surface area contributed by atoms with Crippen LogP contribution in [-0.2, 0) is 9.47 Å². The lowest BCUT2D eigenvalue weighted by Crippen LogP contribution is -2.40. The van der Waals surface area contributed by atoms with Gasteiger partial charge in [-0.15, -0.1) is 0 Å². The average Bonchev–Trinajstić information content (AvgIpc) is 2.83. The van der Waals surface area contributed by atoms with Gasteiger partial charge in [0.25, 0.3) is 0 Å². The van der Waals surface area contributed by atoms with Crippen LogP contribution >= 0.6 is 0 Å². The molecule has 0 saturated carbocycles. The van der Waals surface area contributed by atoms with E-state index in [4.69, 9.17) is 9.47 Å². The fourth-order valence-corrected chi connectivity index (χ4v) is 2.32. The van der Waals surface area contributed by atoms with Gasteiger partial charge >= 0.3 is 0 Å². The number of morpholine rings is 1. The van der Waals surface area contributed by atoms with Crippen molar-refractivity contribution < 1.29 is 9.47 Å². The first-order valence-electron chi connectivity index (χ1n) is 6.57. The fourth-order valence-electron chi connectivity index (χ4n) is 2.32. The number of nitrogens with zero attached hydrogens (tertiary/aromatic N) is 1. The molecule has 1 unspecified atom stereocenters. The van der Waals surface area contributed by atoms with E-state index in [2.05, 4.69) is 10.2 Å². The Bertz CT molecular complexity index is 178. The Morgan fingerprint density at radius 1 is 1.12 bits per heavy atom. The van der Waals surface area contributed by atoms with Gasteiger partial charge in [0.2, 0.25) is 0 Å². The topological polar surface area (TPSA) is 33.7 Å². The number of hydrogen-bond donors (Lipinski definition) is 1. The first-order chi connectivity index (χ1) is 7.95. The third kappa shape index (κ3) is 4.37. The molecular weight excluding hydrogens is 204 g/mol. The zero-order chi connectivity index (χ0) is 11.1. The highest BCUT2D eigenvalue weighted by atomic mass is 16.5. The van der Waals surface area contributed by atoms with Crippen LogP contribution in [-0.4, -0.2) is 63.5 Å². The van der Waals surface area contributed by atoms with Crippen molar-refractivity contribution in [2.24, 2.45) is 0 Å². The van der Waals surface area contributed by atoms with Crippen LogP contribution in [0.4, 0.5) is 0 Å². The summed E-state index contributed by atoms with van der Waals surface area (Å²) in [5.41, 5.74) is 0. The summed E-state index contributed by atoms with van der Waals surface area (Å²) >= 11 is 0. The van der Waals surface area contributed by atoms with Crippen molar-refractivity contribution >= 4 is 0 Å². The van der Waals surface area contributed by atoms with Gasteiger partial charge in [-0.2, -0.15) is 0 Å². The zero-order valence-electron chi connectivity index (χ0n) is 10.1. The minimum absolute atomic E-state index is 0.524. The molecule has 2 fully saturated rings. The van der Waals surface area contributed by atoms with E-state index >= 15 is 0 Å². The van der Waals surface area contributed by atoms with Crippen LogP contribution in [0, 0.1) is 0 Å². The van der Waals surface area contributed by atoms with Gasteiger partial charge in [0.05, 0.1) is 19.3 Å². The van der Waals surface area contributed by atoms with Crippen molar-refractivity contribution in [3.05, 3.63) is 0 Å². The standard InChI is InChI=1S/C12H24N2O2/c1-2-12(16-9-1)3-4-13-5-6-14-7-10-15-11-8-14/h12-13H,1-11H2. The Hall–Kier alpha value is -0.160. The summed E-state index contributed by atoms with van der Waals surface area (Å²) < 4.78 is 10.9. The second kappa shape index (κ2) is 7.22. The number of hydrogen-bond acceptors (Lipinski definition) is 4. The van der Waals surface area contributed by atoms with E-state index in [1.54, 1.807) is 0 Å². The molecule has 0 radical (unpaired) electrons. The summed E-state index contributed by atoms with van der Waals surface area (Å²) in [4.78, 5) is 2.46. The van der Waals surface area contributed by atoms with E-state index in [0.29, 0.717) is 6.10 Å². The van der Waals surface area contributed by atoms with Crippen molar-refractivity contribution in [3.8, 4) is 0 Å². The molecule has 0 aliphatic carbocycles. The maximum Gasteiger partial charge on any atom is 0.0594 e. The number of nitrogens with one attached hydrogen (secondary N) is 1. The van der Waals surface area contributed by atoms with Gasteiger partial charge in [0.1, 0.15) is 0 Å². The second-order valence-electron chi connectivity index (χ2n) is 4.63. The molecule has 4 heteroatoms. The van der Waals surface area contributed by atoms with Gasteiger partial charge in [-0.3, -0.25) is 4.90 Å². The lowest BCUT2D eigenvalue weighted by atomic mass is 10.2. The summed E-state index contributed by atoms with van der Waals surface area (Å²) in [5.74, 6) is 0. The molecular formula is C12H24N2O2. The zero-order valence-corrected chi connectivity index (χ0v) is 10.1. The van der Waals surface area contributed by atoms with Gasteiger partial charge in [0.15, 0.2) is 0 Å². The Kier molecular flexibility index (Phi) is 5.55. The minimum Gasteiger partial charge on any atom is -0.379 e. The molecule has 0 spiro atoms. The van der Waals surface area contributed by atoms with Gasteiger partial charge in [-0.05, 0) is 25.8 Å². The lowest BCUT2D eigenvalue weighted by molar-refractivity contribution is 0.0382. The van der Waals surface area contributed by atoms with Crippen LogP contribution in [0.3, 0.4) is 0 Å². The van der Waals surface area contributed by atoms with Gasteiger partial charge < -0.3 is 14.8 Å².